The van der Waals surface area contributed by atoms with E-state index in [0.717, 1.165) is 31.8 Å². The minimum Gasteiger partial charge on any atom is -0.425 e. The molecule has 2 rings (SSSR count). The van der Waals surface area contributed by atoms with Crippen molar-refractivity contribution in [2.75, 3.05) is 13.1 Å². The summed E-state index contributed by atoms with van der Waals surface area (Å²) in [5.74, 6) is 1.96. The van der Waals surface area contributed by atoms with Crippen LogP contribution < -0.4 is 5.32 Å². The van der Waals surface area contributed by atoms with E-state index in [-0.39, 0.29) is 17.0 Å². The van der Waals surface area contributed by atoms with E-state index in [1.807, 2.05) is 6.92 Å². The van der Waals surface area contributed by atoms with E-state index < -0.39 is 0 Å². The summed E-state index contributed by atoms with van der Waals surface area (Å²) in [7, 11) is 0. The van der Waals surface area contributed by atoms with Gasteiger partial charge in [-0.05, 0) is 25.9 Å². The normalized spacial score (nSPS) is 18.2. The predicted molar refractivity (Wildman–Crippen MR) is 54.2 cm³/mol. The highest BCUT2D eigenvalue weighted by atomic mass is 79.9. The second kappa shape index (κ2) is 4.72. The minimum absolute atomic E-state index is 0. The zero-order valence-electron chi connectivity index (χ0n) is 7.62. The Bertz CT molecular complexity index is 258. The average molecular weight is 248 g/mol. The highest BCUT2D eigenvalue weighted by Crippen LogP contribution is 2.23. The molecule has 4 nitrogen and oxygen atoms in total. The van der Waals surface area contributed by atoms with Crippen molar-refractivity contribution in [1.29, 1.82) is 0 Å². The topological polar surface area (TPSA) is 51.0 Å². The first-order valence-corrected chi connectivity index (χ1v) is 4.37. The van der Waals surface area contributed by atoms with Crippen molar-refractivity contribution in [3.05, 3.63) is 11.8 Å². The lowest BCUT2D eigenvalue weighted by atomic mass is 9.98. The molecule has 1 aromatic rings. The maximum atomic E-state index is 5.37. The summed E-state index contributed by atoms with van der Waals surface area (Å²) >= 11 is 0. The number of hydrogen-bond donors (Lipinski definition) is 1. The van der Waals surface area contributed by atoms with Gasteiger partial charge in [-0.15, -0.1) is 27.2 Å². The van der Waals surface area contributed by atoms with Gasteiger partial charge in [0.1, 0.15) is 0 Å². The van der Waals surface area contributed by atoms with Gasteiger partial charge in [-0.1, -0.05) is 0 Å². The molecule has 0 spiro atoms. The smallest absolute Gasteiger partial charge is 0.219 e. The third-order valence-corrected chi connectivity index (χ3v) is 2.23. The molecule has 74 valence electrons. The third-order valence-electron chi connectivity index (χ3n) is 2.23. The summed E-state index contributed by atoms with van der Waals surface area (Å²) in [5, 5.41) is 11.2. The van der Waals surface area contributed by atoms with Crippen molar-refractivity contribution in [3.8, 4) is 0 Å². The molecule has 1 saturated heterocycles. The molecule has 0 amide bonds. The maximum Gasteiger partial charge on any atom is 0.219 e. The van der Waals surface area contributed by atoms with Gasteiger partial charge in [0.15, 0.2) is 0 Å². The van der Waals surface area contributed by atoms with Crippen molar-refractivity contribution in [3.63, 3.8) is 0 Å². The van der Waals surface area contributed by atoms with Gasteiger partial charge in [0.25, 0.3) is 0 Å². The average Bonchev–Trinajstić information content (AvgIpc) is 2.54. The lowest BCUT2D eigenvalue weighted by molar-refractivity contribution is 0.366. The van der Waals surface area contributed by atoms with Crippen molar-refractivity contribution >= 4 is 17.0 Å². The van der Waals surface area contributed by atoms with Crippen molar-refractivity contribution in [1.82, 2.24) is 15.5 Å². The molecule has 5 heteroatoms. The van der Waals surface area contributed by atoms with Crippen molar-refractivity contribution in [2.24, 2.45) is 0 Å². The summed E-state index contributed by atoms with van der Waals surface area (Å²) < 4.78 is 5.37. The Balaban J connectivity index is 0.000000845. The van der Waals surface area contributed by atoms with Gasteiger partial charge in [0, 0.05) is 12.8 Å². The van der Waals surface area contributed by atoms with Crippen LogP contribution in [0.2, 0.25) is 0 Å². The number of halogens is 1. The van der Waals surface area contributed by atoms with Crippen LogP contribution in [-0.2, 0) is 0 Å². The second-order valence-corrected chi connectivity index (χ2v) is 3.18. The first-order valence-electron chi connectivity index (χ1n) is 4.37. The standard InChI is InChI=1S/C8H13N3O.BrH/c1-6-10-11-8(12-6)7-2-4-9-5-3-7;/h7,9H,2-5H2,1H3;1H. The quantitative estimate of drug-likeness (QED) is 0.816. The monoisotopic (exact) mass is 247 g/mol. The molecule has 0 atom stereocenters. The highest BCUT2D eigenvalue weighted by molar-refractivity contribution is 8.93. The summed E-state index contributed by atoms with van der Waals surface area (Å²) in [6.07, 6.45) is 2.23. The minimum atomic E-state index is 0. The molecule has 0 aliphatic carbocycles. The van der Waals surface area contributed by atoms with Gasteiger partial charge in [-0.3, -0.25) is 0 Å². The Morgan fingerprint density at radius 2 is 2.00 bits per heavy atom. The molecule has 1 aliphatic rings. The molecule has 1 N–H and O–H groups in total. The van der Waals surface area contributed by atoms with E-state index in [1.165, 1.54) is 0 Å². The lowest BCUT2D eigenvalue weighted by Gasteiger charge is -2.18. The third kappa shape index (κ3) is 2.51. The molecule has 1 aromatic heterocycles. The van der Waals surface area contributed by atoms with E-state index in [0.29, 0.717) is 11.8 Å². The SMILES string of the molecule is Br.Cc1nnc(C2CCNCC2)o1. The van der Waals surface area contributed by atoms with E-state index in [9.17, 15) is 0 Å². The van der Waals surface area contributed by atoms with E-state index in [4.69, 9.17) is 4.42 Å². The van der Waals surface area contributed by atoms with Crippen LogP contribution in [0.1, 0.15) is 30.5 Å². The molecule has 1 aliphatic heterocycles. The van der Waals surface area contributed by atoms with Crippen LogP contribution in [0.15, 0.2) is 4.42 Å². The number of nitrogens with zero attached hydrogens (tertiary/aromatic N) is 2. The molecular formula is C8H14BrN3O. The van der Waals surface area contributed by atoms with Gasteiger partial charge in [0.2, 0.25) is 11.8 Å². The molecule has 0 bridgehead atoms. The molecule has 13 heavy (non-hydrogen) atoms. The van der Waals surface area contributed by atoms with Crippen molar-refractivity contribution < 1.29 is 4.42 Å². The molecule has 0 saturated carbocycles. The van der Waals surface area contributed by atoms with E-state index >= 15 is 0 Å². The summed E-state index contributed by atoms with van der Waals surface area (Å²) in [6, 6.07) is 0. The largest absolute Gasteiger partial charge is 0.425 e. The van der Waals surface area contributed by atoms with Gasteiger partial charge >= 0.3 is 0 Å². The fraction of sp³-hybridized carbons (Fsp3) is 0.750. The Morgan fingerprint density at radius 3 is 2.54 bits per heavy atom. The fourth-order valence-electron chi connectivity index (χ4n) is 1.55. The zero-order chi connectivity index (χ0) is 8.39. The van der Waals surface area contributed by atoms with Crippen LogP contribution in [0, 0.1) is 6.92 Å². The number of nitrogens with one attached hydrogen (secondary N) is 1. The maximum absolute atomic E-state index is 5.37. The van der Waals surface area contributed by atoms with E-state index in [2.05, 4.69) is 15.5 Å². The Morgan fingerprint density at radius 1 is 1.31 bits per heavy atom. The summed E-state index contributed by atoms with van der Waals surface area (Å²) in [4.78, 5) is 0. The van der Waals surface area contributed by atoms with Crippen LogP contribution in [-0.4, -0.2) is 23.3 Å². The lowest BCUT2D eigenvalue weighted by Crippen LogP contribution is -2.26. The van der Waals surface area contributed by atoms with Crippen LogP contribution in [0.5, 0.6) is 0 Å². The Hall–Kier alpha value is -0.420. The van der Waals surface area contributed by atoms with E-state index in [1.54, 1.807) is 0 Å². The number of aromatic nitrogens is 2. The summed E-state index contributed by atoms with van der Waals surface area (Å²) in [6.45, 7) is 3.95. The summed E-state index contributed by atoms with van der Waals surface area (Å²) in [5.41, 5.74) is 0. The van der Waals surface area contributed by atoms with Gasteiger partial charge in [-0.25, -0.2) is 0 Å². The van der Waals surface area contributed by atoms with Crippen LogP contribution in [0.4, 0.5) is 0 Å². The molecule has 0 radical (unpaired) electrons. The van der Waals surface area contributed by atoms with Crippen LogP contribution >= 0.6 is 17.0 Å². The van der Waals surface area contributed by atoms with Gasteiger partial charge in [0.05, 0.1) is 0 Å². The van der Waals surface area contributed by atoms with Crippen molar-refractivity contribution in [2.45, 2.75) is 25.7 Å². The molecule has 1 fully saturated rings. The molecule has 2 heterocycles. The zero-order valence-corrected chi connectivity index (χ0v) is 9.33. The van der Waals surface area contributed by atoms with Crippen LogP contribution in [0.25, 0.3) is 0 Å². The molecule has 0 aromatic carbocycles. The molecule has 0 unspecified atom stereocenters. The number of hydrogen-bond acceptors (Lipinski definition) is 4. The number of rotatable bonds is 1. The second-order valence-electron chi connectivity index (χ2n) is 3.18. The van der Waals surface area contributed by atoms with Crippen LogP contribution in [0.3, 0.4) is 0 Å². The Labute approximate surface area is 87.9 Å². The first-order chi connectivity index (χ1) is 5.86. The highest BCUT2D eigenvalue weighted by Gasteiger charge is 2.19. The van der Waals surface area contributed by atoms with Gasteiger partial charge in [-0.2, -0.15) is 0 Å². The molecular weight excluding hydrogens is 234 g/mol. The fourth-order valence-corrected chi connectivity index (χ4v) is 1.55. The number of piperidine rings is 1. The Kier molecular flexibility index (Phi) is 3.87. The number of aryl methyl sites for hydroxylation is 1. The first kappa shape index (κ1) is 10.7. The predicted octanol–water partition coefficient (Wildman–Crippen LogP) is 1.42. The van der Waals surface area contributed by atoms with Gasteiger partial charge < -0.3 is 9.73 Å².